The van der Waals surface area contributed by atoms with Crippen LogP contribution in [-0.2, 0) is 4.79 Å². The Bertz CT molecular complexity index is 210. The van der Waals surface area contributed by atoms with Crippen LogP contribution in [0.3, 0.4) is 0 Å². The minimum atomic E-state index is -0.304. The van der Waals surface area contributed by atoms with Crippen LogP contribution in [-0.4, -0.2) is 18.5 Å². The quantitative estimate of drug-likeness (QED) is 0.754. The van der Waals surface area contributed by atoms with Gasteiger partial charge in [-0.3, -0.25) is 4.79 Å². The Morgan fingerprint density at radius 2 is 1.94 bits per heavy atom. The van der Waals surface area contributed by atoms with Crippen LogP contribution in [0.2, 0.25) is 0 Å². The number of nitrogens with two attached hydrogens (primary N) is 1. The van der Waals surface area contributed by atoms with Crippen LogP contribution in [0.4, 0.5) is 0 Å². The molecule has 0 spiro atoms. The van der Waals surface area contributed by atoms with E-state index in [1.807, 2.05) is 0 Å². The number of rotatable bonds is 5. The van der Waals surface area contributed by atoms with Crippen LogP contribution >= 0.6 is 0 Å². The van der Waals surface area contributed by atoms with E-state index in [9.17, 15) is 4.79 Å². The van der Waals surface area contributed by atoms with Gasteiger partial charge < -0.3 is 11.1 Å². The fourth-order valence-electron chi connectivity index (χ4n) is 2.32. The first-order valence-corrected chi connectivity index (χ1v) is 6.63. The number of carbonyl (C=O) groups is 1. The highest BCUT2D eigenvalue weighted by Gasteiger charge is 2.20. The maximum atomic E-state index is 11.7. The summed E-state index contributed by atoms with van der Waals surface area (Å²) >= 11 is 0. The molecule has 94 valence electrons. The lowest BCUT2D eigenvalue weighted by molar-refractivity contribution is -0.122. The first-order valence-electron chi connectivity index (χ1n) is 6.63. The fourth-order valence-corrected chi connectivity index (χ4v) is 2.32. The summed E-state index contributed by atoms with van der Waals surface area (Å²) in [5.41, 5.74) is 5.92. The third kappa shape index (κ3) is 4.97. The molecule has 1 aliphatic rings. The monoisotopic (exact) mass is 226 g/mol. The summed E-state index contributed by atoms with van der Waals surface area (Å²) < 4.78 is 0. The smallest absolute Gasteiger partial charge is 0.236 e. The third-order valence-corrected chi connectivity index (χ3v) is 3.33. The van der Waals surface area contributed by atoms with Gasteiger partial charge >= 0.3 is 0 Å². The molecule has 0 aromatic heterocycles. The molecule has 0 aromatic carbocycles. The van der Waals surface area contributed by atoms with Gasteiger partial charge in [0.15, 0.2) is 0 Å². The molecule has 3 heteroatoms. The zero-order valence-corrected chi connectivity index (χ0v) is 10.7. The van der Waals surface area contributed by atoms with Crippen molar-refractivity contribution in [2.75, 3.05) is 6.54 Å². The lowest BCUT2D eigenvalue weighted by Gasteiger charge is -2.24. The van der Waals surface area contributed by atoms with Gasteiger partial charge in [-0.2, -0.15) is 0 Å². The highest BCUT2D eigenvalue weighted by atomic mass is 16.2. The Hall–Kier alpha value is -0.570. The number of amides is 1. The number of carbonyl (C=O) groups excluding carboxylic acids is 1. The second-order valence-corrected chi connectivity index (χ2v) is 5.49. The Labute approximate surface area is 99.2 Å². The minimum Gasteiger partial charge on any atom is -0.354 e. The molecular weight excluding hydrogens is 200 g/mol. The summed E-state index contributed by atoms with van der Waals surface area (Å²) in [5.74, 6) is 1.19. The van der Waals surface area contributed by atoms with E-state index in [1.54, 1.807) is 0 Å². The molecule has 1 atom stereocenters. The molecule has 1 unspecified atom stereocenters. The summed E-state index contributed by atoms with van der Waals surface area (Å²) in [7, 11) is 0. The lowest BCUT2D eigenvalue weighted by atomic mass is 9.85. The topological polar surface area (TPSA) is 55.1 Å². The predicted octanol–water partition coefficient (Wildman–Crippen LogP) is 2.06. The van der Waals surface area contributed by atoms with Gasteiger partial charge in [0.1, 0.15) is 0 Å². The first-order chi connectivity index (χ1) is 7.59. The Kier molecular flexibility index (Phi) is 5.81. The second kappa shape index (κ2) is 6.89. The molecule has 1 amide bonds. The van der Waals surface area contributed by atoms with Crippen molar-refractivity contribution in [1.29, 1.82) is 0 Å². The molecule has 3 nitrogen and oxygen atoms in total. The van der Waals surface area contributed by atoms with Crippen LogP contribution in [0, 0.1) is 11.8 Å². The largest absolute Gasteiger partial charge is 0.354 e. The van der Waals surface area contributed by atoms with E-state index in [4.69, 9.17) is 5.73 Å². The maximum Gasteiger partial charge on any atom is 0.236 e. The zero-order chi connectivity index (χ0) is 12.0. The summed E-state index contributed by atoms with van der Waals surface area (Å²) in [6.07, 6.45) is 7.35. The molecule has 0 aromatic rings. The Morgan fingerprint density at radius 1 is 1.31 bits per heavy atom. The first kappa shape index (κ1) is 13.5. The van der Waals surface area contributed by atoms with Crippen molar-refractivity contribution in [2.45, 2.75) is 58.4 Å². The standard InChI is InChI=1S/C13H26N2O/c1-10(2)9-15-13(16)12(14)8-11-6-4-3-5-7-11/h10-12H,3-9,14H2,1-2H3,(H,15,16). The van der Waals surface area contributed by atoms with Gasteiger partial charge in [0.05, 0.1) is 6.04 Å². The molecule has 1 aliphatic carbocycles. The zero-order valence-electron chi connectivity index (χ0n) is 10.7. The summed E-state index contributed by atoms with van der Waals surface area (Å²) in [6, 6.07) is -0.304. The summed E-state index contributed by atoms with van der Waals surface area (Å²) in [5, 5.41) is 2.91. The van der Waals surface area contributed by atoms with Crippen LogP contribution in [0.15, 0.2) is 0 Å². The maximum absolute atomic E-state index is 11.7. The molecule has 0 saturated heterocycles. The molecule has 0 heterocycles. The van der Waals surface area contributed by atoms with Crippen LogP contribution in [0.25, 0.3) is 0 Å². The molecule has 0 radical (unpaired) electrons. The number of nitrogens with one attached hydrogen (secondary N) is 1. The molecule has 16 heavy (non-hydrogen) atoms. The second-order valence-electron chi connectivity index (χ2n) is 5.49. The number of hydrogen-bond donors (Lipinski definition) is 2. The van der Waals surface area contributed by atoms with E-state index in [0.717, 1.165) is 13.0 Å². The third-order valence-electron chi connectivity index (χ3n) is 3.33. The van der Waals surface area contributed by atoms with Gasteiger partial charge in [-0.1, -0.05) is 46.0 Å². The SMILES string of the molecule is CC(C)CNC(=O)C(N)CC1CCCCC1. The van der Waals surface area contributed by atoms with E-state index in [2.05, 4.69) is 19.2 Å². The number of hydrogen-bond acceptors (Lipinski definition) is 2. The highest BCUT2D eigenvalue weighted by molar-refractivity contribution is 5.81. The summed E-state index contributed by atoms with van der Waals surface area (Å²) in [4.78, 5) is 11.7. The van der Waals surface area contributed by atoms with E-state index < -0.39 is 0 Å². The van der Waals surface area contributed by atoms with E-state index in [1.165, 1.54) is 32.1 Å². The van der Waals surface area contributed by atoms with Gasteiger partial charge in [-0.15, -0.1) is 0 Å². The Balaban J connectivity index is 2.21. The minimum absolute atomic E-state index is 0.0271. The van der Waals surface area contributed by atoms with Crippen LogP contribution < -0.4 is 11.1 Å². The van der Waals surface area contributed by atoms with E-state index >= 15 is 0 Å². The highest BCUT2D eigenvalue weighted by Crippen LogP contribution is 2.26. The van der Waals surface area contributed by atoms with Crippen molar-refractivity contribution in [3.8, 4) is 0 Å². The van der Waals surface area contributed by atoms with Crippen LogP contribution in [0.5, 0.6) is 0 Å². The summed E-state index contributed by atoms with van der Waals surface area (Å²) in [6.45, 7) is 4.91. The molecule has 1 rings (SSSR count). The molecule has 0 bridgehead atoms. The van der Waals surface area contributed by atoms with E-state index in [0.29, 0.717) is 11.8 Å². The Morgan fingerprint density at radius 3 is 2.50 bits per heavy atom. The lowest BCUT2D eigenvalue weighted by Crippen LogP contribution is -2.43. The van der Waals surface area contributed by atoms with Gasteiger partial charge in [0, 0.05) is 6.54 Å². The average molecular weight is 226 g/mol. The van der Waals surface area contributed by atoms with Crippen molar-refractivity contribution >= 4 is 5.91 Å². The normalized spacial score (nSPS) is 19.8. The average Bonchev–Trinajstić information content (AvgIpc) is 2.27. The van der Waals surface area contributed by atoms with Crippen molar-refractivity contribution in [2.24, 2.45) is 17.6 Å². The van der Waals surface area contributed by atoms with Crippen molar-refractivity contribution in [1.82, 2.24) is 5.32 Å². The fraction of sp³-hybridized carbons (Fsp3) is 0.923. The van der Waals surface area contributed by atoms with Crippen molar-refractivity contribution in [3.05, 3.63) is 0 Å². The molecular formula is C13H26N2O. The van der Waals surface area contributed by atoms with Gasteiger partial charge in [-0.25, -0.2) is 0 Å². The van der Waals surface area contributed by atoms with E-state index in [-0.39, 0.29) is 11.9 Å². The molecule has 3 N–H and O–H groups in total. The van der Waals surface area contributed by atoms with Crippen molar-refractivity contribution < 1.29 is 4.79 Å². The molecule has 1 saturated carbocycles. The van der Waals surface area contributed by atoms with Gasteiger partial charge in [-0.05, 0) is 18.3 Å². The molecule has 0 aliphatic heterocycles. The molecule has 1 fully saturated rings. The van der Waals surface area contributed by atoms with Gasteiger partial charge in [0.2, 0.25) is 5.91 Å². The predicted molar refractivity (Wildman–Crippen MR) is 67.0 cm³/mol. The van der Waals surface area contributed by atoms with Crippen LogP contribution in [0.1, 0.15) is 52.4 Å². The van der Waals surface area contributed by atoms with Gasteiger partial charge in [0.25, 0.3) is 0 Å². The van der Waals surface area contributed by atoms with Crippen molar-refractivity contribution in [3.63, 3.8) is 0 Å².